The Morgan fingerprint density at radius 1 is 1.14 bits per heavy atom. The van der Waals surface area contributed by atoms with E-state index < -0.39 is 0 Å². The number of benzene rings is 2. The number of aryl methyl sites for hydroxylation is 2. The van der Waals surface area contributed by atoms with E-state index >= 15 is 0 Å². The Morgan fingerprint density at radius 2 is 1.86 bits per heavy atom. The molecule has 2 aromatic carbocycles. The van der Waals surface area contributed by atoms with Crippen molar-refractivity contribution in [1.29, 1.82) is 0 Å². The minimum atomic E-state index is -0.0269. The second kappa shape index (κ2) is 6.28. The summed E-state index contributed by atoms with van der Waals surface area (Å²) in [5.74, 6) is -0.0269. The Kier molecular flexibility index (Phi) is 4.20. The molecular formula is C18H18N2OS. The Balaban J connectivity index is 1.71. The van der Waals surface area contributed by atoms with Gasteiger partial charge in [-0.25, -0.2) is 4.98 Å². The van der Waals surface area contributed by atoms with E-state index in [-0.39, 0.29) is 5.91 Å². The predicted octanol–water partition coefficient (Wildman–Crippen LogP) is 4.35. The molecule has 0 aliphatic rings. The molecule has 0 atom stereocenters. The first kappa shape index (κ1) is 14.7. The number of amides is 1. The fraction of sp³-hybridized carbons (Fsp3) is 0.222. The zero-order valence-electron chi connectivity index (χ0n) is 12.7. The number of hydrogen-bond acceptors (Lipinski definition) is 3. The van der Waals surface area contributed by atoms with Gasteiger partial charge in [-0.05, 0) is 36.1 Å². The Labute approximate surface area is 134 Å². The normalized spacial score (nSPS) is 10.8. The van der Waals surface area contributed by atoms with Crippen LogP contribution >= 0.6 is 11.3 Å². The van der Waals surface area contributed by atoms with Crippen LogP contribution in [0.5, 0.6) is 0 Å². The summed E-state index contributed by atoms with van der Waals surface area (Å²) in [4.78, 5) is 16.7. The van der Waals surface area contributed by atoms with Gasteiger partial charge in [0.05, 0.1) is 16.6 Å². The van der Waals surface area contributed by atoms with Crippen LogP contribution in [-0.4, -0.2) is 10.9 Å². The molecule has 0 fully saturated rings. The number of nitrogens with one attached hydrogen (secondary N) is 1. The second-order valence-electron chi connectivity index (χ2n) is 5.34. The molecule has 3 nitrogen and oxygen atoms in total. The largest absolute Gasteiger partial charge is 0.302 e. The number of nitrogens with zero attached hydrogens (tertiary/aromatic N) is 1. The summed E-state index contributed by atoms with van der Waals surface area (Å²) in [6.07, 6.45) is 1.39. The molecule has 1 aromatic heterocycles. The summed E-state index contributed by atoms with van der Waals surface area (Å²) in [7, 11) is 0. The van der Waals surface area contributed by atoms with Crippen molar-refractivity contribution in [2.75, 3.05) is 5.32 Å². The molecule has 1 amide bonds. The molecular weight excluding hydrogens is 292 g/mol. The van der Waals surface area contributed by atoms with Crippen molar-refractivity contribution in [3.05, 3.63) is 59.2 Å². The van der Waals surface area contributed by atoms with Gasteiger partial charge in [0.2, 0.25) is 5.91 Å². The first-order valence-corrected chi connectivity index (χ1v) is 8.21. The molecule has 3 rings (SSSR count). The summed E-state index contributed by atoms with van der Waals surface area (Å²) in [5.41, 5.74) is 4.40. The molecule has 22 heavy (non-hydrogen) atoms. The lowest BCUT2D eigenvalue weighted by Gasteiger charge is -2.03. The average molecular weight is 310 g/mol. The molecule has 4 heteroatoms. The van der Waals surface area contributed by atoms with E-state index in [1.165, 1.54) is 16.9 Å². The highest BCUT2D eigenvalue weighted by Crippen LogP contribution is 2.27. The van der Waals surface area contributed by atoms with Crippen LogP contribution in [0, 0.1) is 6.92 Å². The standard InChI is InChI=1S/C18H18N2OS/c1-3-13-7-9-14(10-8-13)11-16(21)19-18-20-17-12(2)5-4-6-15(17)22-18/h4-10H,3,11H2,1-2H3,(H,19,20,21). The number of hydrogen-bond donors (Lipinski definition) is 1. The van der Waals surface area contributed by atoms with Crippen LogP contribution in [0.1, 0.15) is 23.6 Å². The van der Waals surface area contributed by atoms with E-state index in [1.807, 2.05) is 37.3 Å². The van der Waals surface area contributed by atoms with Gasteiger partial charge in [-0.1, -0.05) is 54.7 Å². The van der Waals surface area contributed by atoms with Crippen LogP contribution in [-0.2, 0) is 17.6 Å². The van der Waals surface area contributed by atoms with Gasteiger partial charge in [-0.15, -0.1) is 0 Å². The molecule has 0 aliphatic heterocycles. The topological polar surface area (TPSA) is 42.0 Å². The molecule has 112 valence electrons. The molecule has 0 radical (unpaired) electrons. The lowest BCUT2D eigenvalue weighted by molar-refractivity contribution is -0.115. The molecule has 0 spiro atoms. The molecule has 3 aromatic rings. The van der Waals surface area contributed by atoms with E-state index in [1.54, 1.807) is 0 Å². The van der Waals surface area contributed by atoms with E-state index in [0.717, 1.165) is 27.8 Å². The molecule has 1 N–H and O–H groups in total. The number of carbonyl (C=O) groups is 1. The van der Waals surface area contributed by atoms with Crippen molar-refractivity contribution >= 4 is 32.6 Å². The van der Waals surface area contributed by atoms with Crippen LogP contribution in [0.15, 0.2) is 42.5 Å². The van der Waals surface area contributed by atoms with Crippen molar-refractivity contribution in [1.82, 2.24) is 4.98 Å². The SMILES string of the molecule is CCc1ccc(CC(=O)Nc2nc3c(C)cccc3s2)cc1. The van der Waals surface area contributed by atoms with E-state index in [0.29, 0.717) is 11.6 Å². The second-order valence-corrected chi connectivity index (χ2v) is 6.37. The third-order valence-corrected chi connectivity index (χ3v) is 4.60. The van der Waals surface area contributed by atoms with Crippen molar-refractivity contribution in [3.63, 3.8) is 0 Å². The first-order chi connectivity index (χ1) is 10.7. The number of thiazole rings is 1. The minimum absolute atomic E-state index is 0.0269. The third-order valence-electron chi connectivity index (χ3n) is 3.66. The molecule has 0 saturated carbocycles. The van der Waals surface area contributed by atoms with Gasteiger partial charge in [-0.3, -0.25) is 4.79 Å². The average Bonchev–Trinajstić information content (AvgIpc) is 2.92. The number of aromatic nitrogens is 1. The highest BCUT2D eigenvalue weighted by atomic mass is 32.1. The van der Waals surface area contributed by atoms with Crippen molar-refractivity contribution in [2.24, 2.45) is 0 Å². The predicted molar refractivity (Wildman–Crippen MR) is 92.5 cm³/mol. The quantitative estimate of drug-likeness (QED) is 0.778. The van der Waals surface area contributed by atoms with Crippen molar-refractivity contribution in [2.45, 2.75) is 26.7 Å². The molecule has 0 saturated heterocycles. The van der Waals surface area contributed by atoms with Gasteiger partial charge >= 0.3 is 0 Å². The smallest absolute Gasteiger partial charge is 0.230 e. The molecule has 0 bridgehead atoms. The van der Waals surface area contributed by atoms with E-state index in [2.05, 4.69) is 29.4 Å². The van der Waals surface area contributed by atoms with Crippen molar-refractivity contribution in [3.8, 4) is 0 Å². The van der Waals surface area contributed by atoms with Crippen LogP contribution < -0.4 is 5.32 Å². The fourth-order valence-electron chi connectivity index (χ4n) is 2.38. The van der Waals surface area contributed by atoms with Crippen LogP contribution in [0.3, 0.4) is 0 Å². The molecule has 1 heterocycles. The van der Waals surface area contributed by atoms with Crippen LogP contribution in [0.25, 0.3) is 10.2 Å². The Morgan fingerprint density at radius 3 is 2.55 bits per heavy atom. The lowest BCUT2D eigenvalue weighted by atomic mass is 10.1. The minimum Gasteiger partial charge on any atom is -0.302 e. The van der Waals surface area contributed by atoms with Gasteiger partial charge in [0.1, 0.15) is 0 Å². The zero-order valence-corrected chi connectivity index (χ0v) is 13.5. The monoisotopic (exact) mass is 310 g/mol. The zero-order chi connectivity index (χ0) is 15.5. The fourth-order valence-corrected chi connectivity index (χ4v) is 3.34. The number of anilines is 1. The highest BCUT2D eigenvalue weighted by Gasteiger charge is 2.09. The number of carbonyl (C=O) groups excluding carboxylic acids is 1. The van der Waals surface area contributed by atoms with Gasteiger partial charge in [0.15, 0.2) is 5.13 Å². The summed E-state index contributed by atoms with van der Waals surface area (Å²) >= 11 is 1.51. The van der Waals surface area contributed by atoms with Gasteiger partial charge in [-0.2, -0.15) is 0 Å². The van der Waals surface area contributed by atoms with Crippen LogP contribution in [0.2, 0.25) is 0 Å². The van der Waals surface area contributed by atoms with Gasteiger partial charge < -0.3 is 5.32 Å². The molecule has 0 unspecified atom stereocenters. The number of rotatable bonds is 4. The molecule has 0 aliphatic carbocycles. The summed E-state index contributed by atoms with van der Waals surface area (Å²) in [6.45, 7) is 4.15. The third kappa shape index (κ3) is 3.17. The maximum Gasteiger partial charge on any atom is 0.230 e. The maximum atomic E-state index is 12.2. The van der Waals surface area contributed by atoms with Crippen LogP contribution in [0.4, 0.5) is 5.13 Å². The first-order valence-electron chi connectivity index (χ1n) is 7.39. The van der Waals surface area contributed by atoms with Gasteiger partial charge in [0.25, 0.3) is 0 Å². The number of para-hydroxylation sites is 1. The maximum absolute atomic E-state index is 12.2. The summed E-state index contributed by atoms with van der Waals surface area (Å²) in [5, 5.41) is 3.57. The summed E-state index contributed by atoms with van der Waals surface area (Å²) < 4.78 is 1.10. The highest BCUT2D eigenvalue weighted by molar-refractivity contribution is 7.22. The van der Waals surface area contributed by atoms with E-state index in [4.69, 9.17) is 0 Å². The van der Waals surface area contributed by atoms with Crippen molar-refractivity contribution < 1.29 is 4.79 Å². The number of fused-ring (bicyclic) bond motifs is 1. The van der Waals surface area contributed by atoms with Gasteiger partial charge in [0, 0.05) is 0 Å². The lowest BCUT2D eigenvalue weighted by Crippen LogP contribution is -2.14. The summed E-state index contributed by atoms with van der Waals surface area (Å²) in [6, 6.07) is 14.2. The van der Waals surface area contributed by atoms with E-state index in [9.17, 15) is 4.79 Å². The Bertz CT molecular complexity index is 806. The Hall–Kier alpha value is -2.20.